The number of hydrogen-bond acceptors (Lipinski definition) is 4. The molecule has 0 saturated carbocycles. The third-order valence-corrected chi connectivity index (χ3v) is 4.57. The van der Waals surface area contributed by atoms with Gasteiger partial charge < -0.3 is 4.90 Å². The predicted molar refractivity (Wildman–Crippen MR) is 90.4 cm³/mol. The van der Waals surface area contributed by atoms with Gasteiger partial charge in [-0.2, -0.15) is 5.10 Å². The Hall–Kier alpha value is -2.76. The van der Waals surface area contributed by atoms with Crippen LogP contribution >= 0.6 is 0 Å². The number of nitrogens with zero attached hydrogens (tertiary/aromatic N) is 5. The lowest BCUT2D eigenvalue weighted by molar-refractivity contribution is -0.130. The summed E-state index contributed by atoms with van der Waals surface area (Å²) in [4.78, 5) is 22.3. The molecule has 0 N–H and O–H groups in total. The number of rotatable bonds is 2. The molecule has 1 aliphatic rings. The molecule has 3 aromatic heterocycles. The lowest BCUT2D eigenvalue weighted by Crippen LogP contribution is -2.37. The number of likely N-dealkylation sites (tertiary alicyclic amines) is 1. The second-order valence-corrected chi connectivity index (χ2v) is 6.24. The summed E-state index contributed by atoms with van der Waals surface area (Å²) >= 11 is 0. The minimum Gasteiger partial charge on any atom is -0.342 e. The lowest BCUT2D eigenvalue weighted by atomic mass is 9.97. The molecule has 0 bridgehead atoms. The van der Waals surface area contributed by atoms with Gasteiger partial charge >= 0.3 is 0 Å². The van der Waals surface area contributed by atoms with Crippen molar-refractivity contribution in [1.82, 2.24) is 24.5 Å². The molecule has 0 radical (unpaired) electrons. The van der Waals surface area contributed by atoms with Crippen molar-refractivity contribution in [3.8, 4) is 11.1 Å². The molecule has 1 fully saturated rings. The lowest BCUT2D eigenvalue weighted by Gasteiger charge is -2.30. The summed E-state index contributed by atoms with van der Waals surface area (Å²) < 4.78 is 1.82. The Labute approximate surface area is 140 Å². The van der Waals surface area contributed by atoms with Gasteiger partial charge in [0.2, 0.25) is 5.91 Å². The third-order valence-electron chi connectivity index (χ3n) is 4.57. The summed E-state index contributed by atoms with van der Waals surface area (Å²) in [5.74, 6) is 1.16. The molecule has 0 unspecified atom stereocenters. The average Bonchev–Trinajstić information content (AvgIpc) is 3.06. The van der Waals surface area contributed by atoms with Crippen molar-refractivity contribution in [3.63, 3.8) is 0 Å². The number of pyridine rings is 2. The summed E-state index contributed by atoms with van der Waals surface area (Å²) in [7, 11) is 0. The van der Waals surface area contributed by atoms with Gasteiger partial charge in [-0.15, -0.1) is 0 Å². The molecule has 4 heterocycles. The first-order valence-electron chi connectivity index (χ1n) is 8.23. The maximum Gasteiger partial charge on any atom is 0.219 e. The molecule has 3 aromatic rings. The first-order valence-corrected chi connectivity index (χ1v) is 8.23. The molecule has 1 atom stereocenters. The molecule has 0 aromatic carbocycles. The van der Waals surface area contributed by atoms with E-state index in [0.29, 0.717) is 6.54 Å². The minimum atomic E-state index is 0.127. The number of hydrogen-bond donors (Lipinski definition) is 0. The van der Waals surface area contributed by atoms with Crippen LogP contribution in [0, 0.1) is 0 Å². The number of aromatic nitrogens is 4. The molecule has 6 heteroatoms. The fourth-order valence-electron chi connectivity index (χ4n) is 3.25. The summed E-state index contributed by atoms with van der Waals surface area (Å²) in [6, 6.07) is 7.96. The van der Waals surface area contributed by atoms with Gasteiger partial charge in [0, 0.05) is 55.6 Å². The van der Waals surface area contributed by atoms with E-state index >= 15 is 0 Å². The van der Waals surface area contributed by atoms with Crippen LogP contribution in [0.2, 0.25) is 0 Å². The molecule has 122 valence electrons. The van der Waals surface area contributed by atoms with Crippen LogP contribution in [0.1, 0.15) is 31.5 Å². The number of amides is 1. The number of carbonyl (C=O) groups excluding carboxylic acids is 1. The van der Waals surface area contributed by atoms with E-state index in [1.165, 1.54) is 0 Å². The van der Waals surface area contributed by atoms with Gasteiger partial charge in [0.25, 0.3) is 0 Å². The van der Waals surface area contributed by atoms with Crippen LogP contribution in [0.5, 0.6) is 0 Å². The minimum absolute atomic E-state index is 0.127. The van der Waals surface area contributed by atoms with Crippen molar-refractivity contribution >= 4 is 11.6 Å². The van der Waals surface area contributed by atoms with Crippen LogP contribution < -0.4 is 0 Å². The first-order chi connectivity index (χ1) is 11.7. The largest absolute Gasteiger partial charge is 0.342 e. The molecule has 1 amide bonds. The quantitative estimate of drug-likeness (QED) is 0.727. The zero-order valence-electron chi connectivity index (χ0n) is 13.6. The third kappa shape index (κ3) is 2.75. The molecular formula is C18H19N5O. The van der Waals surface area contributed by atoms with E-state index in [0.717, 1.165) is 42.0 Å². The molecule has 0 aliphatic carbocycles. The van der Waals surface area contributed by atoms with E-state index in [1.54, 1.807) is 13.1 Å². The zero-order valence-corrected chi connectivity index (χ0v) is 13.6. The maximum absolute atomic E-state index is 11.6. The van der Waals surface area contributed by atoms with Crippen LogP contribution in [-0.2, 0) is 4.79 Å². The predicted octanol–water partition coefficient (Wildman–Crippen LogP) is 2.52. The fraction of sp³-hybridized carbons (Fsp3) is 0.333. The van der Waals surface area contributed by atoms with Crippen molar-refractivity contribution in [2.24, 2.45) is 0 Å². The summed E-state index contributed by atoms with van der Waals surface area (Å²) in [5, 5.41) is 4.66. The Morgan fingerprint density at radius 1 is 1.25 bits per heavy atom. The second-order valence-electron chi connectivity index (χ2n) is 6.24. The van der Waals surface area contributed by atoms with Gasteiger partial charge in [-0.1, -0.05) is 6.07 Å². The Morgan fingerprint density at radius 2 is 2.17 bits per heavy atom. The van der Waals surface area contributed by atoms with Crippen molar-refractivity contribution in [3.05, 3.63) is 48.7 Å². The van der Waals surface area contributed by atoms with E-state index < -0.39 is 0 Å². The van der Waals surface area contributed by atoms with Crippen molar-refractivity contribution < 1.29 is 4.79 Å². The van der Waals surface area contributed by atoms with Crippen molar-refractivity contribution in [1.29, 1.82) is 0 Å². The van der Waals surface area contributed by atoms with Crippen molar-refractivity contribution in [2.45, 2.75) is 25.7 Å². The Balaban J connectivity index is 1.65. The van der Waals surface area contributed by atoms with Crippen LogP contribution in [0.15, 0.2) is 42.9 Å². The van der Waals surface area contributed by atoms with E-state index in [2.05, 4.69) is 15.1 Å². The standard InChI is InChI=1S/C18H19N5O/c1-13(24)22-9-3-5-16(11-22)18-20-17-7-6-15(12-23(17)21-18)14-4-2-8-19-10-14/h2,4,6-8,10,12,16H,3,5,9,11H2,1H3/t16-/m0/s1. The highest BCUT2D eigenvalue weighted by molar-refractivity contribution is 5.73. The van der Waals surface area contributed by atoms with E-state index in [-0.39, 0.29) is 11.8 Å². The monoisotopic (exact) mass is 321 g/mol. The van der Waals surface area contributed by atoms with Crippen LogP contribution in [0.25, 0.3) is 16.8 Å². The van der Waals surface area contributed by atoms with Gasteiger partial charge in [0.1, 0.15) is 0 Å². The van der Waals surface area contributed by atoms with Gasteiger partial charge in [0.05, 0.1) is 0 Å². The normalized spacial score (nSPS) is 18.0. The van der Waals surface area contributed by atoms with Crippen LogP contribution in [0.4, 0.5) is 0 Å². The van der Waals surface area contributed by atoms with E-state index in [9.17, 15) is 4.79 Å². The SMILES string of the molecule is CC(=O)N1CCC[C@H](c2nc3ccc(-c4cccnc4)cn3n2)C1. The molecule has 4 rings (SSSR count). The van der Waals surface area contributed by atoms with Gasteiger partial charge in [-0.25, -0.2) is 9.50 Å². The molecule has 6 nitrogen and oxygen atoms in total. The second kappa shape index (κ2) is 6.03. The number of fused-ring (bicyclic) bond motifs is 1. The Kier molecular flexibility index (Phi) is 3.72. The average molecular weight is 321 g/mol. The Bertz CT molecular complexity index is 874. The van der Waals surface area contributed by atoms with E-state index in [4.69, 9.17) is 0 Å². The van der Waals surface area contributed by atoms with Gasteiger partial charge in [0.15, 0.2) is 11.5 Å². The smallest absolute Gasteiger partial charge is 0.219 e. The maximum atomic E-state index is 11.6. The number of carbonyl (C=O) groups is 1. The molecular weight excluding hydrogens is 302 g/mol. The van der Waals surface area contributed by atoms with Gasteiger partial charge in [-0.05, 0) is 31.0 Å². The number of piperidine rings is 1. The zero-order chi connectivity index (χ0) is 16.5. The molecule has 24 heavy (non-hydrogen) atoms. The highest BCUT2D eigenvalue weighted by atomic mass is 16.2. The molecule has 1 aliphatic heterocycles. The van der Waals surface area contributed by atoms with Gasteiger partial charge in [-0.3, -0.25) is 9.78 Å². The topological polar surface area (TPSA) is 63.4 Å². The Morgan fingerprint density at radius 3 is 2.96 bits per heavy atom. The van der Waals surface area contributed by atoms with E-state index in [1.807, 2.05) is 46.1 Å². The van der Waals surface area contributed by atoms with Crippen molar-refractivity contribution in [2.75, 3.05) is 13.1 Å². The fourth-order valence-corrected chi connectivity index (χ4v) is 3.25. The summed E-state index contributed by atoms with van der Waals surface area (Å²) in [5.41, 5.74) is 2.94. The highest BCUT2D eigenvalue weighted by Gasteiger charge is 2.25. The first kappa shape index (κ1) is 14.8. The molecule has 1 saturated heterocycles. The highest BCUT2D eigenvalue weighted by Crippen LogP contribution is 2.26. The van der Waals surface area contributed by atoms with Crippen LogP contribution in [-0.4, -0.2) is 43.5 Å². The van der Waals surface area contributed by atoms with Crippen LogP contribution in [0.3, 0.4) is 0 Å². The summed E-state index contributed by atoms with van der Waals surface area (Å²) in [6.45, 7) is 3.17. The summed E-state index contributed by atoms with van der Waals surface area (Å²) in [6.07, 6.45) is 7.61. The molecule has 0 spiro atoms.